The number of halogens is 1. The van der Waals surface area contributed by atoms with E-state index in [0.29, 0.717) is 15.0 Å². The van der Waals surface area contributed by atoms with Crippen LogP contribution in [0.1, 0.15) is 5.56 Å². The summed E-state index contributed by atoms with van der Waals surface area (Å²) in [6, 6.07) is 16.6. The van der Waals surface area contributed by atoms with Gasteiger partial charge in [-0.05, 0) is 0 Å². The van der Waals surface area contributed by atoms with Crippen molar-refractivity contribution in [3.05, 3.63) is 64.1 Å². The van der Waals surface area contributed by atoms with E-state index in [9.17, 15) is 0 Å². The Hall–Kier alpha value is -1.21. The van der Waals surface area contributed by atoms with E-state index >= 15 is 0 Å². The van der Waals surface area contributed by atoms with Gasteiger partial charge in [-0.2, -0.15) is 0 Å². The monoisotopic (exact) mass is 337 g/mol. The van der Waals surface area contributed by atoms with Crippen LogP contribution >= 0.6 is 11.6 Å². The zero-order chi connectivity index (χ0) is 13.7. The number of rotatable bonds is 4. The molecule has 0 radical (unpaired) electrons. The van der Waals surface area contributed by atoms with Crippen LogP contribution in [0, 0.1) is 0 Å². The Bertz CT molecular complexity index is 544. The third kappa shape index (κ3) is 4.43. The van der Waals surface area contributed by atoms with Gasteiger partial charge in [0.05, 0.1) is 0 Å². The van der Waals surface area contributed by atoms with Crippen LogP contribution in [0.25, 0.3) is 6.08 Å². The van der Waals surface area contributed by atoms with Crippen molar-refractivity contribution >= 4 is 42.8 Å². The van der Waals surface area contributed by atoms with Gasteiger partial charge in [-0.1, -0.05) is 0 Å². The average Bonchev–Trinajstić information content (AvgIpc) is 2.41. The molecular weight excluding hydrogens is 321 g/mol. The molecular formula is C16H16ClNSe. The fourth-order valence-corrected chi connectivity index (χ4v) is 3.13. The van der Waals surface area contributed by atoms with Crippen molar-refractivity contribution < 1.29 is 0 Å². The summed E-state index contributed by atoms with van der Waals surface area (Å²) in [6.07, 6.45) is 2.17. The Labute approximate surface area is 126 Å². The van der Waals surface area contributed by atoms with Crippen LogP contribution < -0.4 is 9.36 Å². The summed E-state index contributed by atoms with van der Waals surface area (Å²) in [5, 5.41) is 0.794. The Kier molecular flexibility index (Phi) is 5.09. The van der Waals surface area contributed by atoms with Gasteiger partial charge in [-0.15, -0.1) is 0 Å². The summed E-state index contributed by atoms with van der Waals surface area (Å²) in [4.78, 5) is 4.34. The topological polar surface area (TPSA) is 3.24 Å². The molecule has 2 aromatic carbocycles. The Morgan fingerprint density at radius 3 is 2.16 bits per heavy atom. The summed E-state index contributed by atoms with van der Waals surface area (Å²) in [7, 11) is 4.10. The van der Waals surface area contributed by atoms with E-state index in [0.717, 1.165) is 5.02 Å². The molecule has 1 nitrogen and oxygen atoms in total. The molecule has 0 bridgehead atoms. The van der Waals surface area contributed by atoms with Gasteiger partial charge >= 0.3 is 126 Å². The maximum absolute atomic E-state index is 5.87. The minimum absolute atomic E-state index is 0.352. The second kappa shape index (κ2) is 6.81. The average molecular weight is 337 g/mol. The van der Waals surface area contributed by atoms with Crippen molar-refractivity contribution in [2.45, 2.75) is 0 Å². The molecule has 0 heterocycles. The summed E-state index contributed by atoms with van der Waals surface area (Å²) in [6.45, 7) is 0. The van der Waals surface area contributed by atoms with Crippen LogP contribution in [0.15, 0.2) is 53.5 Å². The zero-order valence-electron chi connectivity index (χ0n) is 11.0. The zero-order valence-corrected chi connectivity index (χ0v) is 13.5. The Morgan fingerprint density at radius 1 is 0.947 bits per heavy atom. The van der Waals surface area contributed by atoms with Crippen LogP contribution in [-0.2, 0) is 0 Å². The van der Waals surface area contributed by atoms with E-state index in [1.54, 1.807) is 0 Å². The molecule has 0 aliphatic carbocycles. The third-order valence-electron chi connectivity index (χ3n) is 2.69. The molecule has 0 aliphatic heterocycles. The van der Waals surface area contributed by atoms with Crippen LogP contribution in [0.5, 0.6) is 0 Å². The van der Waals surface area contributed by atoms with E-state index in [2.05, 4.69) is 66.4 Å². The summed E-state index contributed by atoms with van der Waals surface area (Å²) >= 11 is 6.22. The first-order valence-corrected chi connectivity index (χ1v) is 8.24. The standard InChI is InChI=1S/C16H16ClNSe/c1-18(2)15-7-3-13(4-8-15)11-12-19-16-9-5-14(17)6-10-16/h3-12H,1-2H3. The number of hydrogen-bond donors (Lipinski definition) is 0. The summed E-state index contributed by atoms with van der Waals surface area (Å²) in [5.74, 6) is 0. The molecule has 0 amide bonds. The normalized spacial score (nSPS) is 10.9. The number of nitrogens with zero attached hydrogens (tertiary/aromatic N) is 1. The molecule has 3 heteroatoms. The van der Waals surface area contributed by atoms with Gasteiger partial charge in [0.15, 0.2) is 0 Å². The molecule has 0 aromatic heterocycles. The van der Waals surface area contributed by atoms with Gasteiger partial charge in [0.25, 0.3) is 0 Å². The first kappa shape index (κ1) is 14.2. The van der Waals surface area contributed by atoms with E-state index < -0.39 is 0 Å². The Morgan fingerprint density at radius 2 is 1.58 bits per heavy atom. The fourth-order valence-electron chi connectivity index (χ4n) is 1.59. The van der Waals surface area contributed by atoms with Crippen LogP contribution in [0.2, 0.25) is 5.02 Å². The summed E-state index contributed by atoms with van der Waals surface area (Å²) in [5.41, 5.74) is 2.46. The first-order valence-electron chi connectivity index (χ1n) is 6.01. The predicted octanol–water partition coefficient (Wildman–Crippen LogP) is 3.41. The van der Waals surface area contributed by atoms with Gasteiger partial charge in [0, 0.05) is 0 Å². The van der Waals surface area contributed by atoms with Gasteiger partial charge in [0.1, 0.15) is 0 Å². The van der Waals surface area contributed by atoms with E-state index in [4.69, 9.17) is 11.6 Å². The van der Waals surface area contributed by atoms with Crippen molar-refractivity contribution in [2.75, 3.05) is 19.0 Å². The maximum atomic E-state index is 5.87. The van der Waals surface area contributed by atoms with E-state index in [-0.39, 0.29) is 0 Å². The van der Waals surface area contributed by atoms with Gasteiger partial charge in [0.2, 0.25) is 0 Å². The van der Waals surface area contributed by atoms with Gasteiger partial charge in [-0.3, -0.25) is 0 Å². The van der Waals surface area contributed by atoms with Crippen molar-refractivity contribution in [3.63, 3.8) is 0 Å². The van der Waals surface area contributed by atoms with E-state index in [1.807, 2.05) is 12.1 Å². The molecule has 0 spiro atoms. The van der Waals surface area contributed by atoms with Gasteiger partial charge < -0.3 is 0 Å². The molecule has 0 fully saturated rings. The fraction of sp³-hybridized carbons (Fsp3) is 0.125. The van der Waals surface area contributed by atoms with Crippen molar-refractivity contribution in [3.8, 4) is 0 Å². The van der Waals surface area contributed by atoms with Crippen LogP contribution in [-0.4, -0.2) is 29.1 Å². The molecule has 2 aromatic rings. The Balaban J connectivity index is 1.97. The molecule has 0 N–H and O–H groups in total. The summed E-state index contributed by atoms with van der Waals surface area (Å²) < 4.78 is 1.33. The predicted molar refractivity (Wildman–Crippen MR) is 86.6 cm³/mol. The molecule has 2 rings (SSSR count). The second-order valence-electron chi connectivity index (χ2n) is 4.36. The molecule has 0 saturated carbocycles. The quantitative estimate of drug-likeness (QED) is 0.773. The van der Waals surface area contributed by atoms with E-state index in [1.165, 1.54) is 15.7 Å². The van der Waals surface area contributed by atoms with Gasteiger partial charge in [-0.25, -0.2) is 0 Å². The SMILES string of the molecule is CN(C)c1ccc(C=C[Se]c2ccc(Cl)cc2)cc1. The molecule has 0 saturated heterocycles. The van der Waals surface area contributed by atoms with Crippen LogP contribution in [0.4, 0.5) is 5.69 Å². The first-order chi connectivity index (χ1) is 9.15. The number of hydrogen-bond acceptors (Lipinski definition) is 1. The molecule has 0 unspecified atom stereocenters. The van der Waals surface area contributed by atoms with Crippen molar-refractivity contribution in [1.29, 1.82) is 0 Å². The second-order valence-corrected chi connectivity index (χ2v) is 6.85. The van der Waals surface area contributed by atoms with Crippen molar-refractivity contribution in [2.24, 2.45) is 0 Å². The van der Waals surface area contributed by atoms with Crippen molar-refractivity contribution in [1.82, 2.24) is 0 Å². The molecule has 98 valence electrons. The molecule has 0 atom stereocenters. The minimum atomic E-state index is 0.352. The van der Waals surface area contributed by atoms with Crippen LogP contribution in [0.3, 0.4) is 0 Å². The number of benzene rings is 2. The molecule has 19 heavy (non-hydrogen) atoms. The number of anilines is 1. The molecule has 0 aliphatic rings. The third-order valence-corrected chi connectivity index (χ3v) is 4.65.